The van der Waals surface area contributed by atoms with Gasteiger partial charge in [0.1, 0.15) is 12.3 Å². The lowest BCUT2D eigenvalue weighted by Gasteiger charge is -2.30. The summed E-state index contributed by atoms with van der Waals surface area (Å²) in [5.41, 5.74) is 1.92. The second-order valence-electron chi connectivity index (χ2n) is 8.10. The van der Waals surface area contributed by atoms with Crippen LogP contribution in [0.15, 0.2) is 66.7 Å². The van der Waals surface area contributed by atoms with Crippen molar-refractivity contribution in [2.75, 3.05) is 31.1 Å². The number of halogens is 1. The molecule has 0 spiro atoms. The topological polar surface area (TPSA) is 87.7 Å². The molecular formula is C25H26FN3O4. The Balaban J connectivity index is 1.35. The van der Waals surface area contributed by atoms with Crippen LogP contribution in [0.1, 0.15) is 28.3 Å². The number of benzene rings is 2. The van der Waals surface area contributed by atoms with E-state index in [1.165, 1.54) is 11.0 Å². The number of nitrogens with one attached hydrogen (secondary N) is 2. The SMILES string of the molecule is O=C(C=CC(=O)c1ccccc1)NCC1CN(c2ccccc2C2CCNC[C@H]2F)C(=O)O1. The van der Waals surface area contributed by atoms with Crippen LogP contribution in [-0.2, 0) is 9.53 Å². The molecule has 0 bridgehead atoms. The highest BCUT2D eigenvalue weighted by molar-refractivity contribution is 6.07. The minimum Gasteiger partial charge on any atom is -0.442 e. The van der Waals surface area contributed by atoms with Gasteiger partial charge in [-0.25, -0.2) is 9.18 Å². The van der Waals surface area contributed by atoms with Gasteiger partial charge < -0.3 is 15.4 Å². The Kier molecular flexibility index (Phi) is 7.14. The van der Waals surface area contributed by atoms with Crippen LogP contribution in [0.3, 0.4) is 0 Å². The van der Waals surface area contributed by atoms with Gasteiger partial charge in [-0.15, -0.1) is 0 Å². The number of hydrogen-bond acceptors (Lipinski definition) is 5. The molecule has 2 saturated heterocycles. The number of ether oxygens (including phenoxy) is 1. The number of ketones is 1. The van der Waals surface area contributed by atoms with E-state index in [1.807, 2.05) is 18.2 Å². The monoisotopic (exact) mass is 451 g/mol. The van der Waals surface area contributed by atoms with Crippen molar-refractivity contribution in [1.29, 1.82) is 0 Å². The second kappa shape index (κ2) is 10.4. The molecule has 0 aromatic heterocycles. The number of alkyl halides is 1. The molecule has 2 aromatic carbocycles. The minimum absolute atomic E-state index is 0.103. The first-order valence-electron chi connectivity index (χ1n) is 11.0. The van der Waals surface area contributed by atoms with Crippen LogP contribution in [0, 0.1) is 0 Å². The third kappa shape index (κ3) is 5.46. The number of anilines is 1. The summed E-state index contributed by atoms with van der Waals surface area (Å²) >= 11 is 0. The van der Waals surface area contributed by atoms with Crippen molar-refractivity contribution in [2.24, 2.45) is 0 Å². The fraction of sp³-hybridized carbons (Fsp3) is 0.320. The highest BCUT2D eigenvalue weighted by Crippen LogP contribution is 2.36. The Hall–Kier alpha value is -3.52. The zero-order chi connectivity index (χ0) is 23.2. The van der Waals surface area contributed by atoms with Crippen molar-refractivity contribution in [1.82, 2.24) is 10.6 Å². The Bertz CT molecular complexity index is 1040. The van der Waals surface area contributed by atoms with Crippen molar-refractivity contribution in [3.05, 3.63) is 77.9 Å². The van der Waals surface area contributed by atoms with E-state index in [1.54, 1.807) is 36.4 Å². The molecule has 2 aromatic rings. The number of hydrogen-bond donors (Lipinski definition) is 2. The summed E-state index contributed by atoms with van der Waals surface area (Å²) in [5.74, 6) is -1.02. The number of rotatable bonds is 7. The van der Waals surface area contributed by atoms with E-state index in [4.69, 9.17) is 4.74 Å². The third-order valence-corrected chi connectivity index (χ3v) is 5.86. The van der Waals surface area contributed by atoms with Gasteiger partial charge in [0.05, 0.1) is 18.8 Å². The van der Waals surface area contributed by atoms with Crippen LogP contribution in [0.5, 0.6) is 0 Å². The molecular weight excluding hydrogens is 425 g/mol. The van der Waals surface area contributed by atoms with E-state index >= 15 is 0 Å². The van der Waals surface area contributed by atoms with Gasteiger partial charge in [-0.05, 0) is 30.7 Å². The van der Waals surface area contributed by atoms with Gasteiger partial charge >= 0.3 is 6.09 Å². The average molecular weight is 451 g/mol. The molecule has 0 saturated carbocycles. The maximum absolute atomic E-state index is 14.5. The van der Waals surface area contributed by atoms with E-state index in [-0.39, 0.29) is 24.8 Å². The van der Waals surface area contributed by atoms with Crippen LogP contribution >= 0.6 is 0 Å². The molecule has 2 amide bonds. The molecule has 3 atom stereocenters. The molecule has 2 unspecified atom stereocenters. The predicted octanol–water partition coefficient (Wildman–Crippen LogP) is 2.98. The number of cyclic esters (lactones) is 1. The zero-order valence-corrected chi connectivity index (χ0v) is 18.1. The number of carbonyl (C=O) groups is 3. The Morgan fingerprint density at radius 2 is 1.88 bits per heavy atom. The number of allylic oxidation sites excluding steroid dienone is 1. The zero-order valence-electron chi connectivity index (χ0n) is 18.1. The van der Waals surface area contributed by atoms with Crippen LogP contribution < -0.4 is 15.5 Å². The van der Waals surface area contributed by atoms with Crippen molar-refractivity contribution in [2.45, 2.75) is 24.6 Å². The fourth-order valence-electron chi connectivity index (χ4n) is 4.17. The van der Waals surface area contributed by atoms with Gasteiger partial charge in [-0.3, -0.25) is 14.5 Å². The molecule has 2 aliphatic heterocycles. The molecule has 172 valence electrons. The number of carbonyl (C=O) groups excluding carboxylic acids is 3. The number of amides is 2. The summed E-state index contributed by atoms with van der Waals surface area (Å²) in [7, 11) is 0. The first-order chi connectivity index (χ1) is 16.0. The van der Waals surface area contributed by atoms with Crippen molar-refractivity contribution < 1.29 is 23.5 Å². The molecule has 0 radical (unpaired) electrons. The number of piperidine rings is 1. The van der Waals surface area contributed by atoms with Crippen LogP contribution in [0.4, 0.5) is 14.9 Å². The standard InChI is InChI=1S/C25H26FN3O4/c26-21-15-27-13-12-19(21)20-8-4-5-9-22(20)29-16-18(33-25(29)32)14-28-24(31)11-10-23(30)17-6-2-1-3-7-17/h1-11,18-19,21,27H,12-16H2,(H,28,31)/t18?,19?,21-/m1/s1. The summed E-state index contributed by atoms with van der Waals surface area (Å²) in [6, 6.07) is 15.9. The number of para-hydroxylation sites is 1. The predicted molar refractivity (Wildman–Crippen MR) is 122 cm³/mol. The molecule has 8 heteroatoms. The van der Waals surface area contributed by atoms with Crippen molar-refractivity contribution in [3.8, 4) is 0 Å². The second-order valence-corrected chi connectivity index (χ2v) is 8.10. The third-order valence-electron chi connectivity index (χ3n) is 5.86. The van der Waals surface area contributed by atoms with E-state index < -0.39 is 24.3 Å². The number of nitrogens with zero attached hydrogens (tertiary/aromatic N) is 1. The van der Waals surface area contributed by atoms with E-state index in [0.29, 0.717) is 24.2 Å². The molecule has 2 aliphatic rings. The maximum Gasteiger partial charge on any atom is 0.414 e. The molecule has 2 heterocycles. The molecule has 7 nitrogen and oxygen atoms in total. The highest BCUT2D eigenvalue weighted by Gasteiger charge is 2.36. The van der Waals surface area contributed by atoms with Gasteiger partial charge in [-0.2, -0.15) is 0 Å². The van der Waals surface area contributed by atoms with Crippen LogP contribution in [-0.4, -0.2) is 56.2 Å². The van der Waals surface area contributed by atoms with Gasteiger partial charge in [0.15, 0.2) is 5.78 Å². The van der Waals surface area contributed by atoms with Crippen molar-refractivity contribution in [3.63, 3.8) is 0 Å². The molecule has 2 N–H and O–H groups in total. The van der Waals surface area contributed by atoms with Gasteiger partial charge in [-0.1, -0.05) is 48.5 Å². The highest BCUT2D eigenvalue weighted by atomic mass is 19.1. The van der Waals surface area contributed by atoms with Crippen LogP contribution in [0.2, 0.25) is 0 Å². The lowest BCUT2D eigenvalue weighted by Crippen LogP contribution is -2.38. The summed E-state index contributed by atoms with van der Waals surface area (Å²) in [5, 5.41) is 5.70. The summed E-state index contributed by atoms with van der Waals surface area (Å²) in [4.78, 5) is 38.2. The smallest absolute Gasteiger partial charge is 0.414 e. The minimum atomic E-state index is -1.03. The van der Waals surface area contributed by atoms with E-state index in [9.17, 15) is 18.8 Å². The van der Waals surface area contributed by atoms with E-state index in [0.717, 1.165) is 18.2 Å². The van der Waals surface area contributed by atoms with Crippen LogP contribution in [0.25, 0.3) is 0 Å². The summed E-state index contributed by atoms with van der Waals surface area (Å²) in [6.45, 7) is 1.36. The maximum atomic E-state index is 14.5. The fourth-order valence-corrected chi connectivity index (χ4v) is 4.17. The molecule has 0 aliphatic carbocycles. The van der Waals surface area contributed by atoms with Gasteiger partial charge in [0.25, 0.3) is 0 Å². The Labute approximate surface area is 191 Å². The van der Waals surface area contributed by atoms with Crippen molar-refractivity contribution >= 4 is 23.5 Å². The average Bonchev–Trinajstić information content (AvgIpc) is 3.22. The van der Waals surface area contributed by atoms with E-state index in [2.05, 4.69) is 10.6 Å². The molecule has 4 rings (SSSR count). The quantitative estimate of drug-likeness (QED) is 0.499. The largest absolute Gasteiger partial charge is 0.442 e. The first kappa shape index (κ1) is 22.7. The van der Waals surface area contributed by atoms with Gasteiger partial charge in [0, 0.05) is 24.1 Å². The summed E-state index contributed by atoms with van der Waals surface area (Å²) in [6.07, 6.45) is 0.911. The molecule has 33 heavy (non-hydrogen) atoms. The molecule has 2 fully saturated rings. The Morgan fingerprint density at radius 1 is 1.12 bits per heavy atom. The first-order valence-corrected chi connectivity index (χ1v) is 11.0. The van der Waals surface area contributed by atoms with Gasteiger partial charge in [0.2, 0.25) is 5.91 Å². The lowest BCUT2D eigenvalue weighted by atomic mass is 9.87. The summed E-state index contributed by atoms with van der Waals surface area (Å²) < 4.78 is 20.0. The Morgan fingerprint density at radius 3 is 2.67 bits per heavy atom. The normalized spacial score (nSPS) is 22.9. The lowest BCUT2D eigenvalue weighted by molar-refractivity contribution is -0.116.